The molecule has 0 saturated carbocycles. The highest BCUT2D eigenvalue weighted by atomic mass is 35.5. The molecule has 0 heterocycles. The summed E-state index contributed by atoms with van der Waals surface area (Å²) in [5.41, 5.74) is 0.509. The van der Waals surface area contributed by atoms with E-state index in [1.807, 2.05) is 6.92 Å². The van der Waals surface area contributed by atoms with Crippen molar-refractivity contribution >= 4 is 11.6 Å². The van der Waals surface area contributed by atoms with E-state index >= 15 is 0 Å². The fourth-order valence-corrected chi connectivity index (χ4v) is 1.59. The van der Waals surface area contributed by atoms with Gasteiger partial charge in [-0.25, -0.2) is 4.39 Å². The van der Waals surface area contributed by atoms with Gasteiger partial charge in [0.05, 0.1) is 0 Å². The van der Waals surface area contributed by atoms with Gasteiger partial charge in [0.25, 0.3) is 0 Å². The Kier molecular flexibility index (Phi) is 4.36. The van der Waals surface area contributed by atoms with Crippen LogP contribution in [0.15, 0.2) is 18.2 Å². The monoisotopic (exact) mass is 216 g/mol. The Morgan fingerprint density at radius 2 is 2.21 bits per heavy atom. The van der Waals surface area contributed by atoms with Crippen LogP contribution in [0.3, 0.4) is 0 Å². The number of rotatable bonds is 4. The van der Waals surface area contributed by atoms with E-state index in [-0.39, 0.29) is 18.3 Å². The molecular formula is C11H14ClFO. The molecule has 0 aliphatic carbocycles. The van der Waals surface area contributed by atoms with E-state index in [1.54, 1.807) is 12.1 Å². The van der Waals surface area contributed by atoms with Gasteiger partial charge in [0.2, 0.25) is 0 Å². The van der Waals surface area contributed by atoms with Crippen LogP contribution in [0.2, 0.25) is 5.02 Å². The van der Waals surface area contributed by atoms with E-state index in [0.717, 1.165) is 6.42 Å². The molecule has 0 aliphatic rings. The summed E-state index contributed by atoms with van der Waals surface area (Å²) in [5.74, 6) is -0.200. The van der Waals surface area contributed by atoms with Crippen LogP contribution < -0.4 is 0 Å². The van der Waals surface area contributed by atoms with Crippen LogP contribution in [-0.2, 0) is 6.42 Å². The first-order chi connectivity index (χ1) is 6.69. The minimum Gasteiger partial charge on any atom is -0.396 e. The molecule has 78 valence electrons. The second-order valence-corrected chi connectivity index (χ2v) is 3.77. The van der Waals surface area contributed by atoms with Gasteiger partial charge >= 0.3 is 0 Å². The Balaban J connectivity index is 2.84. The molecule has 0 amide bonds. The third-order valence-corrected chi connectivity index (χ3v) is 2.74. The molecule has 1 aromatic rings. The molecule has 1 atom stereocenters. The number of hydrogen-bond donors (Lipinski definition) is 1. The third-order valence-electron chi connectivity index (χ3n) is 2.39. The first-order valence-corrected chi connectivity index (χ1v) is 5.10. The summed E-state index contributed by atoms with van der Waals surface area (Å²) < 4.78 is 13.3. The Hall–Kier alpha value is -0.600. The van der Waals surface area contributed by atoms with E-state index in [2.05, 4.69) is 0 Å². The van der Waals surface area contributed by atoms with Crippen LogP contribution in [-0.4, -0.2) is 11.7 Å². The normalized spacial score (nSPS) is 12.9. The van der Waals surface area contributed by atoms with Crippen molar-refractivity contribution < 1.29 is 9.50 Å². The minimum atomic E-state index is -0.288. The average molecular weight is 217 g/mol. The van der Waals surface area contributed by atoms with E-state index in [4.69, 9.17) is 16.7 Å². The van der Waals surface area contributed by atoms with Crippen molar-refractivity contribution in [2.24, 2.45) is 5.92 Å². The van der Waals surface area contributed by atoms with Crippen molar-refractivity contribution in [3.63, 3.8) is 0 Å². The van der Waals surface area contributed by atoms with Crippen molar-refractivity contribution in [2.45, 2.75) is 19.8 Å². The molecule has 1 nitrogen and oxygen atoms in total. The molecule has 0 fully saturated rings. The molecule has 0 spiro atoms. The molecule has 0 saturated heterocycles. The number of halogens is 2. The van der Waals surface area contributed by atoms with Gasteiger partial charge in [0, 0.05) is 17.2 Å². The topological polar surface area (TPSA) is 20.2 Å². The van der Waals surface area contributed by atoms with Crippen molar-refractivity contribution in [1.82, 2.24) is 0 Å². The van der Waals surface area contributed by atoms with Crippen LogP contribution in [0, 0.1) is 11.7 Å². The lowest BCUT2D eigenvalue weighted by molar-refractivity contribution is 0.221. The summed E-state index contributed by atoms with van der Waals surface area (Å²) in [6, 6.07) is 4.65. The molecule has 1 N–H and O–H groups in total. The van der Waals surface area contributed by atoms with Gasteiger partial charge in [-0.2, -0.15) is 0 Å². The van der Waals surface area contributed by atoms with Crippen molar-refractivity contribution in [2.75, 3.05) is 6.61 Å². The van der Waals surface area contributed by atoms with Crippen LogP contribution in [0.1, 0.15) is 18.9 Å². The van der Waals surface area contributed by atoms with Crippen molar-refractivity contribution in [3.05, 3.63) is 34.6 Å². The third kappa shape index (κ3) is 2.69. The summed E-state index contributed by atoms with van der Waals surface area (Å²) in [6.07, 6.45) is 1.32. The summed E-state index contributed by atoms with van der Waals surface area (Å²) in [6.45, 7) is 2.04. The van der Waals surface area contributed by atoms with Crippen molar-refractivity contribution in [1.29, 1.82) is 0 Å². The molecule has 3 heteroatoms. The first-order valence-electron chi connectivity index (χ1n) is 4.72. The van der Waals surface area contributed by atoms with Crippen LogP contribution in [0.4, 0.5) is 4.39 Å². The molecular weight excluding hydrogens is 203 g/mol. The molecule has 0 radical (unpaired) electrons. The molecule has 1 aromatic carbocycles. The van der Waals surface area contributed by atoms with Gasteiger partial charge in [0.1, 0.15) is 5.82 Å². The predicted octanol–water partition coefficient (Wildman–Crippen LogP) is 3.04. The molecule has 0 aromatic heterocycles. The Morgan fingerprint density at radius 3 is 2.71 bits per heavy atom. The second-order valence-electron chi connectivity index (χ2n) is 3.36. The largest absolute Gasteiger partial charge is 0.396 e. The highest BCUT2D eigenvalue weighted by Gasteiger charge is 2.12. The van der Waals surface area contributed by atoms with E-state index in [1.165, 1.54) is 6.07 Å². The van der Waals surface area contributed by atoms with Gasteiger partial charge < -0.3 is 5.11 Å². The lowest BCUT2D eigenvalue weighted by Gasteiger charge is -2.13. The summed E-state index contributed by atoms with van der Waals surface area (Å²) in [5, 5.41) is 9.45. The molecule has 14 heavy (non-hydrogen) atoms. The maximum Gasteiger partial charge on any atom is 0.127 e. The zero-order chi connectivity index (χ0) is 10.6. The first kappa shape index (κ1) is 11.5. The minimum absolute atomic E-state index is 0.0706. The maximum atomic E-state index is 13.3. The number of hydrogen-bond acceptors (Lipinski definition) is 1. The zero-order valence-electron chi connectivity index (χ0n) is 8.13. The Labute approximate surface area is 88.5 Å². The van der Waals surface area contributed by atoms with Crippen LogP contribution in [0.25, 0.3) is 0 Å². The average Bonchev–Trinajstić information content (AvgIpc) is 2.18. The smallest absolute Gasteiger partial charge is 0.127 e. The highest BCUT2D eigenvalue weighted by Crippen LogP contribution is 2.23. The van der Waals surface area contributed by atoms with Crippen LogP contribution >= 0.6 is 11.6 Å². The SMILES string of the molecule is CCC(CO)Cc1c(F)cccc1Cl. The fourth-order valence-electron chi connectivity index (χ4n) is 1.35. The van der Waals surface area contributed by atoms with E-state index < -0.39 is 0 Å². The summed E-state index contributed by atoms with van der Waals surface area (Å²) in [7, 11) is 0. The molecule has 0 aliphatic heterocycles. The number of aliphatic hydroxyl groups is 1. The standard InChI is InChI=1S/C11H14ClFO/c1-2-8(7-14)6-9-10(12)4-3-5-11(9)13/h3-5,8,14H,2,6-7H2,1H3. The van der Waals surface area contributed by atoms with E-state index in [9.17, 15) is 4.39 Å². The van der Waals surface area contributed by atoms with Crippen molar-refractivity contribution in [3.8, 4) is 0 Å². The lowest BCUT2D eigenvalue weighted by Crippen LogP contribution is -2.09. The molecule has 0 bridgehead atoms. The summed E-state index contributed by atoms with van der Waals surface area (Å²) >= 11 is 5.87. The maximum absolute atomic E-state index is 13.3. The Bertz CT molecular complexity index is 277. The van der Waals surface area contributed by atoms with Crippen LogP contribution in [0.5, 0.6) is 0 Å². The number of benzene rings is 1. The van der Waals surface area contributed by atoms with Gasteiger partial charge in [0.15, 0.2) is 0 Å². The zero-order valence-corrected chi connectivity index (χ0v) is 8.89. The Morgan fingerprint density at radius 1 is 1.50 bits per heavy atom. The quantitative estimate of drug-likeness (QED) is 0.820. The van der Waals surface area contributed by atoms with Gasteiger partial charge in [-0.3, -0.25) is 0 Å². The van der Waals surface area contributed by atoms with E-state index in [0.29, 0.717) is 17.0 Å². The fraction of sp³-hybridized carbons (Fsp3) is 0.455. The van der Waals surface area contributed by atoms with Gasteiger partial charge in [-0.1, -0.05) is 31.0 Å². The summed E-state index contributed by atoms with van der Waals surface area (Å²) in [4.78, 5) is 0. The van der Waals surface area contributed by atoms with Gasteiger partial charge in [-0.15, -0.1) is 0 Å². The highest BCUT2D eigenvalue weighted by molar-refractivity contribution is 6.31. The second kappa shape index (κ2) is 5.32. The van der Waals surface area contributed by atoms with Gasteiger partial charge in [-0.05, 0) is 24.5 Å². The predicted molar refractivity (Wildman–Crippen MR) is 56.0 cm³/mol. The molecule has 1 rings (SSSR count). The number of aliphatic hydroxyl groups excluding tert-OH is 1. The molecule has 1 unspecified atom stereocenters. The lowest BCUT2D eigenvalue weighted by atomic mass is 9.97.